The van der Waals surface area contributed by atoms with Crippen molar-refractivity contribution in [3.63, 3.8) is 0 Å². The lowest BCUT2D eigenvalue weighted by atomic mass is 9.86. The van der Waals surface area contributed by atoms with E-state index in [1.54, 1.807) is 0 Å². The van der Waals surface area contributed by atoms with Gasteiger partial charge in [0.2, 0.25) is 0 Å². The van der Waals surface area contributed by atoms with E-state index in [2.05, 4.69) is 55.3 Å². The maximum atomic E-state index is 3.58. The third-order valence-corrected chi connectivity index (χ3v) is 5.30. The summed E-state index contributed by atoms with van der Waals surface area (Å²) in [5, 5.41) is 3.58. The van der Waals surface area contributed by atoms with Crippen LogP contribution in [0.4, 0.5) is 0 Å². The van der Waals surface area contributed by atoms with Crippen molar-refractivity contribution in [3.05, 3.63) is 35.4 Å². The summed E-state index contributed by atoms with van der Waals surface area (Å²) in [5.41, 5.74) is 2.87. The van der Waals surface area contributed by atoms with Gasteiger partial charge in [-0.2, -0.15) is 0 Å². The van der Waals surface area contributed by atoms with E-state index in [4.69, 9.17) is 0 Å². The third-order valence-electron chi connectivity index (χ3n) is 5.30. The highest BCUT2D eigenvalue weighted by Crippen LogP contribution is 2.28. The molecular weight excluding hydrogens is 256 g/mol. The molecule has 0 bridgehead atoms. The first-order valence-electron chi connectivity index (χ1n) is 8.67. The van der Waals surface area contributed by atoms with Gasteiger partial charge in [-0.1, -0.05) is 38.1 Å². The van der Waals surface area contributed by atoms with E-state index >= 15 is 0 Å². The van der Waals surface area contributed by atoms with Crippen molar-refractivity contribution < 1.29 is 0 Å². The molecule has 3 rings (SSSR count). The Kier molecular flexibility index (Phi) is 4.66. The minimum absolute atomic E-state index is 0.706. The molecule has 116 valence electrons. The van der Waals surface area contributed by atoms with E-state index in [0.29, 0.717) is 6.04 Å². The first-order valence-corrected chi connectivity index (χ1v) is 8.67. The van der Waals surface area contributed by atoms with Crippen LogP contribution in [0.25, 0.3) is 0 Å². The molecule has 1 aliphatic heterocycles. The van der Waals surface area contributed by atoms with Gasteiger partial charge in [-0.3, -0.25) is 4.90 Å². The molecular formula is C19H30N2. The van der Waals surface area contributed by atoms with Crippen molar-refractivity contribution in [2.24, 2.45) is 11.8 Å². The number of piperidine rings is 1. The van der Waals surface area contributed by atoms with Crippen LogP contribution in [0, 0.1) is 11.8 Å². The number of rotatable bonds is 5. The van der Waals surface area contributed by atoms with Gasteiger partial charge in [-0.05, 0) is 49.1 Å². The Balaban J connectivity index is 1.56. The van der Waals surface area contributed by atoms with E-state index in [9.17, 15) is 0 Å². The van der Waals surface area contributed by atoms with E-state index in [-0.39, 0.29) is 0 Å². The minimum Gasteiger partial charge on any atom is -0.310 e. The van der Waals surface area contributed by atoms with Crippen molar-refractivity contribution in [2.75, 3.05) is 6.54 Å². The zero-order valence-corrected chi connectivity index (χ0v) is 13.8. The number of likely N-dealkylation sites (tertiary alicyclic amines) is 1. The zero-order valence-electron chi connectivity index (χ0n) is 13.8. The van der Waals surface area contributed by atoms with E-state index in [1.807, 2.05) is 0 Å². The maximum absolute atomic E-state index is 3.58. The fraction of sp³-hybridized carbons (Fsp3) is 0.684. The van der Waals surface area contributed by atoms with Crippen molar-refractivity contribution in [1.29, 1.82) is 0 Å². The highest BCUT2D eigenvalue weighted by Gasteiger charge is 2.28. The standard InChI is InChI=1S/C19H30N2/c1-14-10-15(2)16(3)21(12-14)13-18-6-4-17(5-7-18)11-20-19-8-9-19/h4-7,14-16,19-20H,8-13H2,1-3H3. The van der Waals surface area contributed by atoms with Crippen LogP contribution in [0.1, 0.15) is 51.2 Å². The van der Waals surface area contributed by atoms with Crippen LogP contribution in [0.5, 0.6) is 0 Å². The van der Waals surface area contributed by atoms with Gasteiger partial charge < -0.3 is 5.32 Å². The summed E-state index contributed by atoms with van der Waals surface area (Å²) in [6, 6.07) is 10.7. The Morgan fingerprint density at radius 3 is 2.38 bits per heavy atom. The molecule has 0 aromatic heterocycles. The summed E-state index contributed by atoms with van der Waals surface area (Å²) in [6.45, 7) is 10.6. The molecule has 2 aliphatic rings. The van der Waals surface area contributed by atoms with Crippen LogP contribution < -0.4 is 5.32 Å². The smallest absolute Gasteiger partial charge is 0.0236 e. The van der Waals surface area contributed by atoms with Gasteiger partial charge in [-0.15, -0.1) is 0 Å². The second-order valence-corrected chi connectivity index (χ2v) is 7.46. The topological polar surface area (TPSA) is 15.3 Å². The molecule has 1 saturated heterocycles. The van der Waals surface area contributed by atoms with Crippen LogP contribution in [-0.4, -0.2) is 23.5 Å². The van der Waals surface area contributed by atoms with E-state index in [0.717, 1.165) is 31.0 Å². The van der Waals surface area contributed by atoms with Gasteiger partial charge in [0.05, 0.1) is 0 Å². The summed E-state index contributed by atoms with van der Waals surface area (Å²) in [4.78, 5) is 2.66. The number of nitrogens with zero attached hydrogens (tertiary/aromatic N) is 1. The molecule has 1 N–H and O–H groups in total. The second kappa shape index (κ2) is 6.50. The number of nitrogens with one attached hydrogen (secondary N) is 1. The molecule has 1 aromatic rings. The molecule has 1 heterocycles. The molecule has 1 saturated carbocycles. The quantitative estimate of drug-likeness (QED) is 0.885. The SMILES string of the molecule is CC1CC(C)C(C)N(Cc2ccc(CNC3CC3)cc2)C1. The van der Waals surface area contributed by atoms with Gasteiger partial charge in [-0.25, -0.2) is 0 Å². The molecule has 0 spiro atoms. The Hall–Kier alpha value is -0.860. The molecule has 0 radical (unpaired) electrons. The highest BCUT2D eigenvalue weighted by molar-refractivity contribution is 5.22. The molecule has 2 fully saturated rings. The van der Waals surface area contributed by atoms with E-state index < -0.39 is 0 Å². The molecule has 3 atom stereocenters. The van der Waals surface area contributed by atoms with Crippen LogP contribution in [0.15, 0.2) is 24.3 Å². The fourth-order valence-corrected chi connectivity index (χ4v) is 3.59. The van der Waals surface area contributed by atoms with Crippen LogP contribution >= 0.6 is 0 Å². The van der Waals surface area contributed by atoms with Crippen LogP contribution in [0.3, 0.4) is 0 Å². The third kappa shape index (κ3) is 4.08. The van der Waals surface area contributed by atoms with Crippen molar-refractivity contribution in [1.82, 2.24) is 10.2 Å². The lowest BCUT2D eigenvalue weighted by Crippen LogP contribution is -2.45. The number of hydrogen-bond acceptors (Lipinski definition) is 2. The molecule has 2 nitrogen and oxygen atoms in total. The second-order valence-electron chi connectivity index (χ2n) is 7.46. The predicted octanol–water partition coefficient (Wildman–Crippen LogP) is 3.81. The molecule has 3 unspecified atom stereocenters. The van der Waals surface area contributed by atoms with Crippen molar-refractivity contribution in [2.45, 2.75) is 65.2 Å². The highest BCUT2D eigenvalue weighted by atomic mass is 15.2. The lowest BCUT2D eigenvalue weighted by Gasteiger charge is -2.41. The largest absolute Gasteiger partial charge is 0.310 e. The fourth-order valence-electron chi connectivity index (χ4n) is 3.59. The number of benzene rings is 1. The Bertz CT molecular complexity index is 449. The Morgan fingerprint density at radius 2 is 1.71 bits per heavy atom. The molecule has 0 amide bonds. The van der Waals surface area contributed by atoms with Gasteiger partial charge in [0.1, 0.15) is 0 Å². The first kappa shape index (κ1) is 15.1. The average molecular weight is 286 g/mol. The van der Waals surface area contributed by atoms with Crippen LogP contribution in [-0.2, 0) is 13.1 Å². The minimum atomic E-state index is 0.706. The van der Waals surface area contributed by atoms with Crippen LogP contribution in [0.2, 0.25) is 0 Å². The predicted molar refractivity (Wildman–Crippen MR) is 89.1 cm³/mol. The van der Waals surface area contributed by atoms with Gasteiger partial charge in [0.15, 0.2) is 0 Å². The normalized spacial score (nSPS) is 30.5. The lowest BCUT2D eigenvalue weighted by molar-refractivity contribution is 0.0729. The Labute approximate surface area is 129 Å². The molecule has 2 heteroatoms. The first-order chi connectivity index (χ1) is 10.1. The van der Waals surface area contributed by atoms with Gasteiger partial charge in [0.25, 0.3) is 0 Å². The maximum Gasteiger partial charge on any atom is 0.0236 e. The van der Waals surface area contributed by atoms with E-state index in [1.165, 1.54) is 36.9 Å². The summed E-state index contributed by atoms with van der Waals surface area (Å²) in [5.74, 6) is 1.65. The summed E-state index contributed by atoms with van der Waals surface area (Å²) < 4.78 is 0. The molecule has 21 heavy (non-hydrogen) atoms. The number of hydrogen-bond donors (Lipinski definition) is 1. The van der Waals surface area contributed by atoms with Gasteiger partial charge in [0, 0.05) is 31.7 Å². The monoisotopic (exact) mass is 286 g/mol. The molecule has 1 aliphatic carbocycles. The van der Waals surface area contributed by atoms with Crippen molar-refractivity contribution in [3.8, 4) is 0 Å². The average Bonchev–Trinajstić information content (AvgIpc) is 3.28. The van der Waals surface area contributed by atoms with Gasteiger partial charge >= 0.3 is 0 Å². The summed E-state index contributed by atoms with van der Waals surface area (Å²) in [6.07, 6.45) is 4.10. The summed E-state index contributed by atoms with van der Waals surface area (Å²) in [7, 11) is 0. The Morgan fingerprint density at radius 1 is 1.05 bits per heavy atom. The molecule has 1 aromatic carbocycles. The summed E-state index contributed by atoms with van der Waals surface area (Å²) >= 11 is 0. The van der Waals surface area contributed by atoms with Crippen molar-refractivity contribution >= 4 is 0 Å². The zero-order chi connectivity index (χ0) is 14.8.